The van der Waals surface area contributed by atoms with E-state index in [2.05, 4.69) is 15.1 Å². The number of aromatic nitrogens is 4. The number of pyridine rings is 2. The Balaban J connectivity index is 1.37. The van der Waals surface area contributed by atoms with Gasteiger partial charge in [0.25, 0.3) is 5.91 Å². The molecule has 1 aliphatic heterocycles. The van der Waals surface area contributed by atoms with Crippen LogP contribution in [0.4, 0.5) is 0 Å². The van der Waals surface area contributed by atoms with E-state index in [0.29, 0.717) is 29.9 Å². The molecule has 1 amide bonds. The number of fused-ring (bicyclic) bond motifs is 1. The maximum absolute atomic E-state index is 13.1. The van der Waals surface area contributed by atoms with Gasteiger partial charge in [0, 0.05) is 49.0 Å². The molecule has 1 N–H and O–H groups in total. The van der Waals surface area contributed by atoms with Crippen molar-refractivity contribution in [2.24, 2.45) is 0 Å². The van der Waals surface area contributed by atoms with Crippen LogP contribution in [0.3, 0.4) is 0 Å². The van der Waals surface area contributed by atoms with Crippen molar-refractivity contribution in [3.63, 3.8) is 0 Å². The largest absolute Gasteiger partial charge is 0.478 e. The number of benzene rings is 1. The standard InChI is InChI=1S/C24H19N5O3/c1-15-9-16(12-26-22(15)29-8-2-6-27-29)13-28-14-19-4-3-17(10-20(19)23(28)30)21-11-18(24(31)32)5-7-25-21/h2-12H,13-14H2,1H3,(H,31,32). The zero-order chi connectivity index (χ0) is 22.2. The number of aryl methyl sites for hydroxylation is 1. The van der Waals surface area contributed by atoms with Gasteiger partial charge in [-0.3, -0.25) is 9.78 Å². The van der Waals surface area contributed by atoms with E-state index in [9.17, 15) is 14.7 Å². The highest BCUT2D eigenvalue weighted by Crippen LogP contribution is 2.29. The van der Waals surface area contributed by atoms with Crippen LogP contribution >= 0.6 is 0 Å². The predicted octanol–water partition coefficient (Wildman–Crippen LogP) is 3.49. The third kappa shape index (κ3) is 3.51. The van der Waals surface area contributed by atoms with Gasteiger partial charge in [-0.15, -0.1) is 0 Å². The van der Waals surface area contributed by atoms with Gasteiger partial charge in [-0.05, 0) is 53.9 Å². The molecule has 8 nitrogen and oxygen atoms in total. The summed E-state index contributed by atoms with van der Waals surface area (Å²) in [5.74, 6) is -0.319. The van der Waals surface area contributed by atoms with E-state index < -0.39 is 5.97 Å². The summed E-state index contributed by atoms with van der Waals surface area (Å²) < 4.78 is 1.71. The van der Waals surface area contributed by atoms with E-state index in [4.69, 9.17) is 0 Å². The Morgan fingerprint density at radius 3 is 2.75 bits per heavy atom. The SMILES string of the molecule is Cc1cc(CN2Cc3ccc(-c4cc(C(=O)O)ccn4)cc3C2=O)cnc1-n1cccn1. The molecule has 3 aromatic heterocycles. The minimum absolute atomic E-state index is 0.0648. The molecule has 0 bridgehead atoms. The molecule has 0 aliphatic carbocycles. The predicted molar refractivity (Wildman–Crippen MR) is 116 cm³/mol. The Hall–Kier alpha value is -4.33. The van der Waals surface area contributed by atoms with Crippen molar-refractivity contribution >= 4 is 11.9 Å². The lowest BCUT2D eigenvalue weighted by Crippen LogP contribution is -2.23. The average molecular weight is 425 g/mol. The van der Waals surface area contributed by atoms with Crippen LogP contribution in [0.2, 0.25) is 0 Å². The molecular formula is C24H19N5O3. The lowest BCUT2D eigenvalue weighted by molar-refractivity contribution is 0.0695. The summed E-state index contributed by atoms with van der Waals surface area (Å²) in [6.45, 7) is 2.93. The van der Waals surface area contributed by atoms with Gasteiger partial charge in [-0.1, -0.05) is 12.1 Å². The molecule has 1 aromatic carbocycles. The maximum atomic E-state index is 13.1. The number of carboxylic acid groups (broad SMARTS) is 1. The first-order chi connectivity index (χ1) is 15.5. The summed E-state index contributed by atoms with van der Waals surface area (Å²) in [5.41, 5.74) is 4.85. The Morgan fingerprint density at radius 1 is 1.12 bits per heavy atom. The molecule has 5 rings (SSSR count). The van der Waals surface area contributed by atoms with Crippen LogP contribution in [-0.4, -0.2) is 41.6 Å². The molecule has 1 aliphatic rings. The first-order valence-electron chi connectivity index (χ1n) is 10.1. The van der Waals surface area contributed by atoms with E-state index in [-0.39, 0.29) is 11.5 Å². The Kier molecular flexibility index (Phi) is 4.74. The Morgan fingerprint density at radius 2 is 2.00 bits per heavy atom. The molecule has 4 aromatic rings. The highest BCUT2D eigenvalue weighted by molar-refractivity contribution is 5.99. The van der Waals surface area contributed by atoms with Gasteiger partial charge in [0.15, 0.2) is 5.82 Å². The van der Waals surface area contributed by atoms with Crippen molar-refractivity contribution in [3.8, 4) is 17.1 Å². The van der Waals surface area contributed by atoms with Gasteiger partial charge in [0.2, 0.25) is 0 Å². The number of carbonyl (C=O) groups is 2. The zero-order valence-corrected chi connectivity index (χ0v) is 17.3. The minimum Gasteiger partial charge on any atom is -0.478 e. The molecule has 0 saturated heterocycles. The molecular weight excluding hydrogens is 406 g/mol. The normalized spacial score (nSPS) is 12.8. The number of hydrogen-bond acceptors (Lipinski definition) is 5. The van der Waals surface area contributed by atoms with Gasteiger partial charge < -0.3 is 10.0 Å². The molecule has 4 heterocycles. The lowest BCUT2D eigenvalue weighted by Gasteiger charge is -2.16. The van der Waals surface area contributed by atoms with E-state index in [0.717, 1.165) is 22.5 Å². The van der Waals surface area contributed by atoms with Crippen LogP contribution < -0.4 is 0 Å². The average Bonchev–Trinajstić information content (AvgIpc) is 3.43. The number of rotatable bonds is 5. The summed E-state index contributed by atoms with van der Waals surface area (Å²) in [6, 6.07) is 12.4. The maximum Gasteiger partial charge on any atom is 0.335 e. The second-order valence-corrected chi connectivity index (χ2v) is 7.70. The molecule has 0 unspecified atom stereocenters. The van der Waals surface area contributed by atoms with Gasteiger partial charge in [0.05, 0.1) is 11.3 Å². The molecule has 0 atom stereocenters. The lowest BCUT2D eigenvalue weighted by atomic mass is 10.0. The molecule has 32 heavy (non-hydrogen) atoms. The second-order valence-electron chi connectivity index (χ2n) is 7.70. The van der Waals surface area contributed by atoms with Crippen LogP contribution in [-0.2, 0) is 13.1 Å². The number of hydrogen-bond donors (Lipinski definition) is 1. The van der Waals surface area contributed by atoms with Gasteiger partial charge in [0.1, 0.15) is 0 Å². The molecule has 8 heteroatoms. The summed E-state index contributed by atoms with van der Waals surface area (Å²) in [7, 11) is 0. The van der Waals surface area contributed by atoms with Crippen LogP contribution in [0.5, 0.6) is 0 Å². The van der Waals surface area contributed by atoms with E-state index >= 15 is 0 Å². The Bertz CT molecular complexity index is 1350. The highest BCUT2D eigenvalue weighted by Gasteiger charge is 2.28. The molecule has 0 spiro atoms. The number of carboxylic acids is 1. The highest BCUT2D eigenvalue weighted by atomic mass is 16.4. The first-order valence-corrected chi connectivity index (χ1v) is 10.1. The smallest absolute Gasteiger partial charge is 0.335 e. The summed E-state index contributed by atoms with van der Waals surface area (Å²) >= 11 is 0. The fourth-order valence-corrected chi connectivity index (χ4v) is 3.94. The van der Waals surface area contributed by atoms with E-state index in [1.54, 1.807) is 28.0 Å². The topological polar surface area (TPSA) is 101 Å². The first kappa shape index (κ1) is 19.6. The van der Waals surface area contributed by atoms with Crippen molar-refractivity contribution in [3.05, 3.63) is 95.1 Å². The summed E-state index contributed by atoms with van der Waals surface area (Å²) in [4.78, 5) is 34.9. The van der Waals surface area contributed by atoms with Gasteiger partial charge >= 0.3 is 5.97 Å². The van der Waals surface area contributed by atoms with Crippen LogP contribution in [0.15, 0.2) is 67.3 Å². The number of aromatic carboxylic acids is 1. The molecule has 0 fully saturated rings. The van der Waals surface area contributed by atoms with Crippen molar-refractivity contribution in [1.29, 1.82) is 0 Å². The quantitative estimate of drug-likeness (QED) is 0.525. The minimum atomic E-state index is -1.01. The number of nitrogens with zero attached hydrogens (tertiary/aromatic N) is 5. The van der Waals surface area contributed by atoms with E-state index in [1.807, 2.05) is 37.4 Å². The fourth-order valence-electron chi connectivity index (χ4n) is 3.94. The Labute approximate surface area is 183 Å². The van der Waals surface area contributed by atoms with Crippen LogP contribution in [0.1, 0.15) is 37.4 Å². The van der Waals surface area contributed by atoms with Gasteiger partial charge in [-0.25, -0.2) is 14.5 Å². The molecule has 0 saturated carbocycles. The third-order valence-electron chi connectivity index (χ3n) is 5.49. The summed E-state index contributed by atoms with van der Waals surface area (Å²) in [6.07, 6.45) is 6.78. The molecule has 158 valence electrons. The van der Waals surface area contributed by atoms with Crippen LogP contribution in [0.25, 0.3) is 17.1 Å². The fraction of sp³-hybridized carbons (Fsp3) is 0.125. The van der Waals surface area contributed by atoms with Crippen molar-refractivity contribution in [2.75, 3.05) is 0 Å². The van der Waals surface area contributed by atoms with Crippen LogP contribution in [0, 0.1) is 6.92 Å². The molecule has 0 radical (unpaired) electrons. The van der Waals surface area contributed by atoms with E-state index in [1.165, 1.54) is 18.3 Å². The van der Waals surface area contributed by atoms with Crippen molar-refractivity contribution in [2.45, 2.75) is 20.0 Å². The second kappa shape index (κ2) is 7.73. The van der Waals surface area contributed by atoms with Crippen molar-refractivity contribution in [1.82, 2.24) is 24.6 Å². The number of carbonyl (C=O) groups excluding carboxylic acids is 1. The number of amides is 1. The zero-order valence-electron chi connectivity index (χ0n) is 17.3. The van der Waals surface area contributed by atoms with Crippen molar-refractivity contribution < 1.29 is 14.7 Å². The van der Waals surface area contributed by atoms with Gasteiger partial charge in [-0.2, -0.15) is 5.10 Å². The third-order valence-corrected chi connectivity index (χ3v) is 5.49. The summed E-state index contributed by atoms with van der Waals surface area (Å²) in [5, 5.41) is 13.4. The monoisotopic (exact) mass is 425 g/mol.